The largest absolute Gasteiger partial charge is 0.495 e. The molecule has 2 atom stereocenters. The van der Waals surface area contributed by atoms with Crippen LogP contribution in [-0.2, 0) is 16.0 Å². The number of carbonyl (C=O) groups is 2. The number of benzene rings is 2. The second-order valence-corrected chi connectivity index (χ2v) is 7.63. The zero-order chi connectivity index (χ0) is 21.2. The predicted molar refractivity (Wildman–Crippen MR) is 116 cm³/mol. The zero-order valence-electron chi connectivity index (χ0n) is 17.1. The number of rotatable bonds is 10. The van der Waals surface area contributed by atoms with Gasteiger partial charge in [-0.1, -0.05) is 41.9 Å². The molecular weight excluding hydrogens is 390 g/mol. The molecule has 0 heterocycles. The number of methoxy groups -OCH3 is 1. The van der Waals surface area contributed by atoms with Crippen molar-refractivity contribution in [2.24, 2.45) is 0 Å². The molecule has 1 unspecified atom stereocenters. The van der Waals surface area contributed by atoms with Gasteiger partial charge in [-0.2, -0.15) is 0 Å². The Morgan fingerprint density at radius 3 is 2.48 bits per heavy atom. The van der Waals surface area contributed by atoms with Crippen molar-refractivity contribution in [1.82, 2.24) is 5.32 Å². The summed E-state index contributed by atoms with van der Waals surface area (Å²) >= 11 is 5.98. The van der Waals surface area contributed by atoms with Gasteiger partial charge in [-0.25, -0.2) is 0 Å². The number of halogens is 1. The molecule has 7 heteroatoms. The van der Waals surface area contributed by atoms with Gasteiger partial charge in [0.2, 0.25) is 0 Å². The van der Waals surface area contributed by atoms with Crippen molar-refractivity contribution in [3.8, 4) is 5.75 Å². The average Bonchev–Trinajstić information content (AvgIpc) is 2.67. The Morgan fingerprint density at radius 1 is 1.10 bits per heavy atom. The molecule has 3 N–H and O–H groups in total. The summed E-state index contributed by atoms with van der Waals surface area (Å²) in [5, 5.41) is 6.29. The fraction of sp³-hybridized carbons (Fsp3) is 0.364. The molecule has 0 aliphatic carbocycles. The fourth-order valence-corrected chi connectivity index (χ4v) is 3.18. The van der Waals surface area contributed by atoms with Crippen molar-refractivity contribution in [3.05, 3.63) is 59.1 Å². The Labute approximate surface area is 177 Å². The molecule has 6 nitrogen and oxygen atoms in total. The van der Waals surface area contributed by atoms with Crippen LogP contribution in [0.3, 0.4) is 0 Å². The standard InChI is InChI=1S/C22H28ClN3O3/c1-16(9-10-17-7-5-4-6-8-17)24-21(27)14-26(2)15-22(28)25-19-13-18(23)11-12-20(19)29-3/h4-8,11-13,16H,9-10,14-15H2,1-3H3,(H,24,27)(H,25,28)/p+1/t16-/m1/s1. The minimum Gasteiger partial charge on any atom is -0.495 e. The Morgan fingerprint density at radius 2 is 1.79 bits per heavy atom. The first-order valence-electron chi connectivity index (χ1n) is 9.65. The summed E-state index contributed by atoms with van der Waals surface area (Å²) in [6.07, 6.45) is 1.78. The number of aryl methyl sites for hydroxylation is 1. The number of hydrogen-bond acceptors (Lipinski definition) is 3. The molecule has 0 saturated carbocycles. The normalized spacial score (nSPS) is 12.7. The molecule has 0 bridgehead atoms. The highest BCUT2D eigenvalue weighted by Gasteiger charge is 2.17. The zero-order valence-corrected chi connectivity index (χ0v) is 17.9. The lowest BCUT2D eigenvalue weighted by Crippen LogP contribution is -3.11. The Kier molecular flexibility index (Phi) is 8.96. The molecule has 0 aromatic heterocycles. The number of nitrogens with one attached hydrogen (secondary N) is 3. The van der Waals surface area contributed by atoms with Crippen molar-refractivity contribution in [2.75, 3.05) is 32.6 Å². The monoisotopic (exact) mass is 418 g/mol. The van der Waals surface area contributed by atoms with Crippen molar-refractivity contribution in [3.63, 3.8) is 0 Å². The molecule has 29 heavy (non-hydrogen) atoms. The third-order valence-electron chi connectivity index (χ3n) is 4.48. The predicted octanol–water partition coefficient (Wildman–Crippen LogP) is 1.94. The molecule has 2 amide bonds. The summed E-state index contributed by atoms with van der Waals surface area (Å²) in [6.45, 7) is 2.37. The van der Waals surface area contributed by atoms with Gasteiger partial charge in [-0.3, -0.25) is 9.59 Å². The number of carbonyl (C=O) groups excluding carboxylic acids is 2. The van der Waals surface area contributed by atoms with Crippen LogP contribution < -0.4 is 20.3 Å². The summed E-state index contributed by atoms with van der Waals surface area (Å²) < 4.78 is 5.23. The topological polar surface area (TPSA) is 71.9 Å². The summed E-state index contributed by atoms with van der Waals surface area (Å²) in [7, 11) is 3.34. The Bertz CT molecular complexity index is 814. The highest BCUT2D eigenvalue weighted by molar-refractivity contribution is 6.31. The first-order valence-corrected chi connectivity index (χ1v) is 10.0. The van der Waals surface area contributed by atoms with Crippen molar-refractivity contribution < 1.29 is 19.2 Å². The Balaban J connectivity index is 1.74. The van der Waals surface area contributed by atoms with Crippen molar-refractivity contribution in [2.45, 2.75) is 25.8 Å². The van der Waals surface area contributed by atoms with Gasteiger partial charge < -0.3 is 20.3 Å². The second kappa shape index (κ2) is 11.4. The smallest absolute Gasteiger partial charge is 0.279 e. The summed E-state index contributed by atoms with van der Waals surface area (Å²) in [4.78, 5) is 25.4. The van der Waals surface area contributed by atoms with Gasteiger partial charge in [0.15, 0.2) is 13.1 Å². The lowest BCUT2D eigenvalue weighted by molar-refractivity contribution is -0.862. The van der Waals surface area contributed by atoms with Gasteiger partial charge in [0.25, 0.3) is 11.8 Å². The van der Waals surface area contributed by atoms with Crippen LogP contribution in [0.25, 0.3) is 0 Å². The second-order valence-electron chi connectivity index (χ2n) is 7.20. The van der Waals surface area contributed by atoms with Crippen LogP contribution in [0.4, 0.5) is 5.69 Å². The third kappa shape index (κ3) is 8.13. The molecule has 0 aliphatic heterocycles. The number of ether oxygens (including phenoxy) is 1. The van der Waals surface area contributed by atoms with Crippen LogP contribution in [0, 0.1) is 0 Å². The summed E-state index contributed by atoms with van der Waals surface area (Å²) in [6, 6.07) is 15.3. The van der Waals surface area contributed by atoms with E-state index in [0.717, 1.165) is 17.7 Å². The molecule has 2 rings (SSSR count). The van der Waals surface area contributed by atoms with Gasteiger partial charge in [-0.15, -0.1) is 0 Å². The minimum atomic E-state index is -0.215. The van der Waals surface area contributed by atoms with Gasteiger partial charge in [-0.05, 0) is 43.5 Å². The number of anilines is 1. The molecule has 2 aromatic carbocycles. The average molecular weight is 419 g/mol. The van der Waals surface area contributed by atoms with E-state index < -0.39 is 0 Å². The quantitative estimate of drug-likeness (QED) is 0.552. The fourth-order valence-electron chi connectivity index (χ4n) is 3.01. The lowest BCUT2D eigenvalue weighted by atomic mass is 10.1. The molecule has 0 fully saturated rings. The van der Waals surface area contributed by atoms with Gasteiger partial charge in [0.1, 0.15) is 5.75 Å². The minimum absolute atomic E-state index is 0.0695. The number of likely N-dealkylation sites (N-methyl/N-ethyl adjacent to an activating group) is 1. The van der Waals surface area contributed by atoms with Crippen molar-refractivity contribution in [1.29, 1.82) is 0 Å². The van der Waals surface area contributed by atoms with Crippen LogP contribution in [0.5, 0.6) is 5.75 Å². The number of quaternary nitrogens is 1. The van der Waals surface area contributed by atoms with Crippen LogP contribution >= 0.6 is 11.6 Å². The SMILES string of the molecule is COc1ccc(Cl)cc1NC(=O)C[NH+](C)CC(=O)N[C@H](C)CCc1ccccc1. The van der Waals surface area contributed by atoms with Gasteiger partial charge >= 0.3 is 0 Å². The molecule has 156 valence electrons. The molecule has 0 spiro atoms. The van der Waals surface area contributed by atoms with Gasteiger partial charge in [0, 0.05) is 11.1 Å². The highest BCUT2D eigenvalue weighted by atomic mass is 35.5. The third-order valence-corrected chi connectivity index (χ3v) is 4.71. The molecule has 2 aromatic rings. The summed E-state index contributed by atoms with van der Waals surface area (Å²) in [5.74, 6) is 0.245. The molecular formula is C22H29ClN3O3+. The van der Waals surface area contributed by atoms with E-state index in [1.807, 2.05) is 32.2 Å². The number of hydrogen-bond donors (Lipinski definition) is 3. The Hall–Kier alpha value is -2.57. The van der Waals surface area contributed by atoms with Crippen LogP contribution in [0.1, 0.15) is 18.9 Å². The van der Waals surface area contributed by atoms with Crippen LogP contribution in [0.15, 0.2) is 48.5 Å². The van der Waals surface area contributed by atoms with E-state index in [0.29, 0.717) is 16.5 Å². The highest BCUT2D eigenvalue weighted by Crippen LogP contribution is 2.27. The van der Waals surface area contributed by atoms with Crippen LogP contribution in [0.2, 0.25) is 5.02 Å². The first-order chi connectivity index (χ1) is 13.9. The van der Waals surface area contributed by atoms with E-state index in [-0.39, 0.29) is 30.9 Å². The van der Waals surface area contributed by atoms with E-state index in [4.69, 9.17) is 16.3 Å². The number of amides is 2. The maximum Gasteiger partial charge on any atom is 0.279 e. The summed E-state index contributed by atoms with van der Waals surface area (Å²) in [5.41, 5.74) is 1.77. The van der Waals surface area contributed by atoms with Crippen LogP contribution in [-0.4, -0.2) is 45.1 Å². The van der Waals surface area contributed by atoms with Crippen molar-refractivity contribution >= 4 is 29.1 Å². The maximum atomic E-state index is 12.3. The van der Waals surface area contributed by atoms with E-state index in [1.54, 1.807) is 18.2 Å². The molecule has 0 radical (unpaired) electrons. The first kappa shape index (κ1) is 22.7. The molecule has 0 aliphatic rings. The van der Waals surface area contributed by atoms with Gasteiger partial charge in [0.05, 0.1) is 19.8 Å². The van der Waals surface area contributed by atoms with E-state index in [1.165, 1.54) is 12.7 Å². The lowest BCUT2D eigenvalue weighted by Gasteiger charge is -2.17. The van der Waals surface area contributed by atoms with E-state index >= 15 is 0 Å². The molecule has 0 saturated heterocycles. The van der Waals surface area contributed by atoms with E-state index in [2.05, 4.69) is 22.8 Å². The maximum absolute atomic E-state index is 12.3. The van der Waals surface area contributed by atoms with E-state index in [9.17, 15) is 9.59 Å².